The van der Waals surface area contributed by atoms with Crippen LogP contribution in [0, 0.1) is 0 Å². The van der Waals surface area contributed by atoms with Gasteiger partial charge in [0.25, 0.3) is 5.91 Å². The second kappa shape index (κ2) is 8.76. The van der Waals surface area contributed by atoms with Crippen LogP contribution in [0.4, 0.5) is 20.2 Å². The van der Waals surface area contributed by atoms with Crippen molar-refractivity contribution in [1.29, 1.82) is 0 Å². The molecule has 0 radical (unpaired) electrons. The van der Waals surface area contributed by atoms with E-state index in [4.69, 9.17) is 4.74 Å². The number of alkyl halides is 2. The monoisotopic (exact) mass is 406 g/mol. The van der Waals surface area contributed by atoms with Gasteiger partial charge in [-0.25, -0.2) is 4.79 Å². The molecule has 0 saturated carbocycles. The molecule has 0 saturated heterocycles. The van der Waals surface area contributed by atoms with Crippen molar-refractivity contribution in [3.8, 4) is 11.5 Å². The minimum absolute atomic E-state index is 0.133. The molecule has 0 aliphatic carbocycles. The summed E-state index contributed by atoms with van der Waals surface area (Å²) >= 11 is 0. The fraction of sp³-hybridized carbons (Fsp3) is 0.300. The molecule has 2 aromatic carbocycles. The van der Waals surface area contributed by atoms with Crippen molar-refractivity contribution in [2.24, 2.45) is 0 Å². The Labute approximate surface area is 165 Å². The van der Waals surface area contributed by atoms with Crippen LogP contribution in [0.2, 0.25) is 0 Å². The maximum Gasteiger partial charge on any atom is 0.586 e. The van der Waals surface area contributed by atoms with E-state index in [1.54, 1.807) is 24.3 Å². The van der Waals surface area contributed by atoms with Crippen LogP contribution in [0.3, 0.4) is 0 Å². The van der Waals surface area contributed by atoms with Gasteiger partial charge >= 0.3 is 12.3 Å². The topological polar surface area (TPSA) is 85.9 Å². The lowest BCUT2D eigenvalue weighted by atomic mass is 10.1. The zero-order valence-electron chi connectivity index (χ0n) is 15.7. The van der Waals surface area contributed by atoms with E-state index in [0.717, 1.165) is 12.8 Å². The molecule has 9 heteroatoms. The van der Waals surface area contributed by atoms with E-state index in [0.29, 0.717) is 17.8 Å². The maximum atomic E-state index is 13.0. The first-order chi connectivity index (χ1) is 13.9. The third-order valence-electron chi connectivity index (χ3n) is 4.01. The van der Waals surface area contributed by atoms with Crippen LogP contribution in [0.5, 0.6) is 11.5 Å². The van der Waals surface area contributed by atoms with Crippen molar-refractivity contribution in [2.45, 2.75) is 26.1 Å². The summed E-state index contributed by atoms with van der Waals surface area (Å²) in [6.45, 7) is 2.24. The Morgan fingerprint density at radius 2 is 1.86 bits per heavy atom. The van der Waals surface area contributed by atoms with Crippen LogP contribution in [-0.2, 0) is 9.53 Å². The lowest BCUT2D eigenvalue weighted by molar-refractivity contribution is -0.286. The fourth-order valence-corrected chi connectivity index (χ4v) is 2.65. The third kappa shape index (κ3) is 5.34. The summed E-state index contributed by atoms with van der Waals surface area (Å²) in [4.78, 5) is 24.4. The number of halogens is 2. The summed E-state index contributed by atoms with van der Waals surface area (Å²) in [5, 5.41) is 5.61. The molecule has 1 amide bonds. The van der Waals surface area contributed by atoms with E-state index in [1.807, 2.05) is 0 Å². The number of benzene rings is 2. The molecule has 3 rings (SSSR count). The van der Waals surface area contributed by atoms with Gasteiger partial charge in [-0.1, -0.05) is 25.5 Å². The van der Waals surface area contributed by atoms with Gasteiger partial charge in [0.1, 0.15) is 0 Å². The van der Waals surface area contributed by atoms with E-state index in [-0.39, 0.29) is 17.2 Å². The number of anilines is 2. The number of amides is 1. The van der Waals surface area contributed by atoms with E-state index in [1.165, 1.54) is 18.2 Å². The first-order valence-corrected chi connectivity index (χ1v) is 9.08. The highest BCUT2D eigenvalue weighted by Gasteiger charge is 2.43. The van der Waals surface area contributed by atoms with Crippen molar-refractivity contribution in [3.05, 3.63) is 48.0 Å². The van der Waals surface area contributed by atoms with E-state index in [2.05, 4.69) is 27.0 Å². The van der Waals surface area contributed by atoms with E-state index in [9.17, 15) is 18.4 Å². The molecule has 29 heavy (non-hydrogen) atoms. The Morgan fingerprint density at radius 3 is 2.66 bits per heavy atom. The third-order valence-corrected chi connectivity index (χ3v) is 4.01. The molecule has 1 aliphatic rings. The number of carbonyl (C=O) groups is 2. The summed E-state index contributed by atoms with van der Waals surface area (Å²) in [7, 11) is 0. The van der Waals surface area contributed by atoms with Gasteiger partial charge in [0.05, 0.1) is 5.56 Å². The number of nitrogens with one attached hydrogen (secondary N) is 2. The van der Waals surface area contributed by atoms with Crippen molar-refractivity contribution < 1.29 is 32.6 Å². The molecule has 2 aromatic rings. The molecule has 1 heterocycles. The van der Waals surface area contributed by atoms with Gasteiger partial charge < -0.3 is 24.8 Å². The average molecular weight is 406 g/mol. The van der Waals surface area contributed by atoms with E-state index >= 15 is 0 Å². The second-order valence-corrected chi connectivity index (χ2v) is 6.28. The minimum atomic E-state index is -3.74. The minimum Gasteiger partial charge on any atom is -0.452 e. The Balaban J connectivity index is 1.55. The number of fused-ring (bicyclic) bond motifs is 1. The normalized spacial score (nSPS) is 13.6. The predicted octanol–water partition coefficient (Wildman–Crippen LogP) is 4.02. The fourth-order valence-electron chi connectivity index (χ4n) is 2.65. The average Bonchev–Trinajstić information content (AvgIpc) is 3.00. The number of rotatable bonds is 8. The van der Waals surface area contributed by atoms with Crippen LogP contribution in [-0.4, -0.2) is 31.3 Å². The number of carbonyl (C=O) groups excluding carboxylic acids is 2. The van der Waals surface area contributed by atoms with Crippen LogP contribution >= 0.6 is 0 Å². The van der Waals surface area contributed by atoms with Crippen molar-refractivity contribution in [2.75, 3.05) is 23.8 Å². The Kier molecular flexibility index (Phi) is 6.16. The van der Waals surface area contributed by atoms with Crippen LogP contribution in [0.1, 0.15) is 30.1 Å². The van der Waals surface area contributed by atoms with Crippen molar-refractivity contribution >= 4 is 23.3 Å². The summed E-state index contributed by atoms with van der Waals surface area (Å²) in [6.07, 6.45) is -1.77. The smallest absolute Gasteiger partial charge is 0.452 e. The molecular weight excluding hydrogens is 386 g/mol. The Morgan fingerprint density at radius 1 is 1.10 bits per heavy atom. The van der Waals surface area contributed by atoms with Gasteiger partial charge in [-0.3, -0.25) is 4.79 Å². The van der Waals surface area contributed by atoms with Crippen LogP contribution in [0.25, 0.3) is 0 Å². The van der Waals surface area contributed by atoms with Gasteiger partial charge in [0.2, 0.25) is 0 Å². The van der Waals surface area contributed by atoms with E-state index < -0.39 is 24.8 Å². The van der Waals surface area contributed by atoms with Crippen molar-refractivity contribution in [3.63, 3.8) is 0 Å². The molecule has 0 atom stereocenters. The first-order valence-electron chi connectivity index (χ1n) is 9.08. The summed E-state index contributed by atoms with van der Waals surface area (Å²) < 4.78 is 39.8. The Bertz CT molecular complexity index is 904. The van der Waals surface area contributed by atoms with Gasteiger partial charge in [-0.15, -0.1) is 8.78 Å². The molecule has 0 aromatic heterocycles. The van der Waals surface area contributed by atoms with Gasteiger partial charge in [0, 0.05) is 24.0 Å². The molecule has 1 aliphatic heterocycles. The molecule has 0 bridgehead atoms. The SMILES string of the molecule is CCCCNc1ccccc1C(=O)OCC(=O)Nc1ccc2c(c1)OC(F)(F)O2. The zero-order chi connectivity index (χ0) is 20.9. The number of para-hydroxylation sites is 1. The van der Waals surface area contributed by atoms with Crippen LogP contribution in [0.15, 0.2) is 42.5 Å². The number of esters is 1. The standard InChI is InChI=1S/C20H20F2N2O5/c1-2-3-10-23-15-7-5-4-6-14(15)19(26)27-12-18(25)24-13-8-9-16-17(11-13)29-20(21,22)28-16/h4-9,11,23H,2-3,10,12H2,1H3,(H,24,25). The summed E-state index contributed by atoms with van der Waals surface area (Å²) in [6, 6.07) is 10.7. The lowest BCUT2D eigenvalue weighted by Crippen LogP contribution is -2.25. The lowest BCUT2D eigenvalue weighted by Gasteiger charge is -2.11. The second-order valence-electron chi connectivity index (χ2n) is 6.28. The van der Waals surface area contributed by atoms with Gasteiger partial charge in [0.15, 0.2) is 18.1 Å². The number of ether oxygens (including phenoxy) is 3. The number of hydrogen-bond acceptors (Lipinski definition) is 6. The quantitative estimate of drug-likeness (QED) is 0.509. The highest BCUT2D eigenvalue weighted by molar-refractivity contribution is 5.98. The van der Waals surface area contributed by atoms with Gasteiger partial charge in [-0.2, -0.15) is 0 Å². The molecule has 0 spiro atoms. The molecule has 2 N–H and O–H groups in total. The maximum absolute atomic E-state index is 13.0. The largest absolute Gasteiger partial charge is 0.586 e. The summed E-state index contributed by atoms with van der Waals surface area (Å²) in [5.74, 6) is -1.60. The first kappa shape index (κ1) is 20.4. The highest BCUT2D eigenvalue weighted by atomic mass is 19.3. The highest BCUT2D eigenvalue weighted by Crippen LogP contribution is 2.42. The molecule has 0 fully saturated rings. The molecular formula is C20H20F2N2O5. The van der Waals surface area contributed by atoms with Crippen molar-refractivity contribution in [1.82, 2.24) is 0 Å². The van der Waals surface area contributed by atoms with Crippen LogP contribution < -0.4 is 20.1 Å². The zero-order valence-corrected chi connectivity index (χ0v) is 15.7. The number of hydrogen-bond donors (Lipinski definition) is 2. The van der Waals surface area contributed by atoms with Gasteiger partial charge in [-0.05, 0) is 30.7 Å². The molecule has 0 unspecified atom stereocenters. The molecule has 154 valence electrons. The summed E-state index contributed by atoms with van der Waals surface area (Å²) in [5.41, 5.74) is 1.15. The Hall–Kier alpha value is -3.36. The molecule has 7 nitrogen and oxygen atoms in total. The number of unbranched alkanes of at least 4 members (excludes halogenated alkanes) is 1. The predicted molar refractivity (Wildman–Crippen MR) is 101 cm³/mol.